The molecule has 1 aromatic carbocycles. The van der Waals surface area contributed by atoms with Crippen LogP contribution >= 0.6 is 0 Å². The predicted octanol–water partition coefficient (Wildman–Crippen LogP) is 4.99. The molecule has 0 fully saturated rings. The average Bonchev–Trinajstić information content (AvgIpc) is 2.36. The van der Waals surface area contributed by atoms with Crippen LogP contribution in [-0.4, -0.2) is 43.4 Å². The Morgan fingerprint density at radius 1 is 0.960 bits per heavy atom. The number of phenols is 1. The molecule has 0 saturated heterocycles. The number of phenolic OH excluding ortho intramolecular Hbond substituents is 1. The van der Waals surface area contributed by atoms with Gasteiger partial charge in [0, 0.05) is 30.4 Å². The quantitative estimate of drug-likeness (QED) is 0.762. The van der Waals surface area contributed by atoms with Gasteiger partial charge in [0.1, 0.15) is 5.75 Å². The van der Waals surface area contributed by atoms with Crippen molar-refractivity contribution in [1.82, 2.24) is 4.90 Å². The molecular formula is C22H38N2O. The Morgan fingerprint density at radius 3 is 1.96 bits per heavy atom. The second-order valence-corrected chi connectivity index (χ2v) is 10.3. The van der Waals surface area contributed by atoms with Gasteiger partial charge in [0.25, 0.3) is 0 Å². The van der Waals surface area contributed by atoms with Crippen molar-refractivity contribution in [3.63, 3.8) is 0 Å². The van der Waals surface area contributed by atoms with Crippen molar-refractivity contribution in [1.29, 1.82) is 0 Å². The first-order valence-corrected chi connectivity index (χ1v) is 9.16. The van der Waals surface area contributed by atoms with Crippen LogP contribution in [0.15, 0.2) is 17.1 Å². The van der Waals surface area contributed by atoms with Gasteiger partial charge >= 0.3 is 0 Å². The van der Waals surface area contributed by atoms with Crippen LogP contribution in [0, 0.1) is 5.41 Å². The second kappa shape index (κ2) is 7.49. The summed E-state index contributed by atoms with van der Waals surface area (Å²) in [5.74, 6) is 0.356. The van der Waals surface area contributed by atoms with E-state index < -0.39 is 0 Å². The fourth-order valence-electron chi connectivity index (χ4n) is 3.06. The molecule has 0 atom stereocenters. The molecule has 0 aliphatic rings. The van der Waals surface area contributed by atoms with E-state index in [1.54, 1.807) is 0 Å². The van der Waals surface area contributed by atoms with E-state index in [4.69, 9.17) is 0 Å². The summed E-state index contributed by atoms with van der Waals surface area (Å²) >= 11 is 0. The van der Waals surface area contributed by atoms with E-state index in [-0.39, 0.29) is 16.2 Å². The van der Waals surface area contributed by atoms with Gasteiger partial charge in [-0.3, -0.25) is 4.99 Å². The zero-order valence-electron chi connectivity index (χ0n) is 18.0. The molecule has 25 heavy (non-hydrogen) atoms. The van der Waals surface area contributed by atoms with Gasteiger partial charge in [-0.15, -0.1) is 0 Å². The minimum atomic E-state index is -0.113. The topological polar surface area (TPSA) is 35.8 Å². The van der Waals surface area contributed by atoms with Crippen molar-refractivity contribution in [2.24, 2.45) is 10.4 Å². The van der Waals surface area contributed by atoms with Crippen molar-refractivity contribution >= 4 is 6.21 Å². The van der Waals surface area contributed by atoms with E-state index in [1.165, 1.54) is 5.56 Å². The van der Waals surface area contributed by atoms with Gasteiger partial charge in [-0.05, 0) is 42.0 Å². The van der Waals surface area contributed by atoms with Crippen LogP contribution in [0.5, 0.6) is 5.75 Å². The Morgan fingerprint density at radius 2 is 1.52 bits per heavy atom. The molecule has 1 N–H and O–H groups in total. The van der Waals surface area contributed by atoms with E-state index in [0.29, 0.717) is 5.75 Å². The number of benzene rings is 1. The normalized spacial score (nSPS) is 13.9. The lowest BCUT2D eigenvalue weighted by Gasteiger charge is -2.27. The first-order valence-electron chi connectivity index (χ1n) is 9.16. The number of aromatic hydroxyl groups is 1. The van der Waals surface area contributed by atoms with Crippen LogP contribution in [0.2, 0.25) is 0 Å². The summed E-state index contributed by atoms with van der Waals surface area (Å²) in [5.41, 5.74) is 3.04. The number of hydrogen-bond donors (Lipinski definition) is 1. The number of nitrogens with zero attached hydrogens (tertiary/aromatic N) is 2. The zero-order valence-corrected chi connectivity index (χ0v) is 18.0. The van der Waals surface area contributed by atoms with Crippen LogP contribution in [0.1, 0.15) is 72.1 Å². The van der Waals surface area contributed by atoms with Gasteiger partial charge in [-0.25, -0.2) is 0 Å². The number of aliphatic imine (C=N–C) groups is 1. The highest BCUT2D eigenvalue weighted by Crippen LogP contribution is 2.37. The predicted molar refractivity (Wildman–Crippen MR) is 110 cm³/mol. The van der Waals surface area contributed by atoms with Gasteiger partial charge in [0.2, 0.25) is 0 Å². The third-order valence-electron chi connectivity index (χ3n) is 4.31. The Hall–Kier alpha value is -1.35. The van der Waals surface area contributed by atoms with Crippen molar-refractivity contribution in [3.05, 3.63) is 28.8 Å². The third kappa shape index (κ3) is 6.47. The van der Waals surface area contributed by atoms with Crippen molar-refractivity contribution in [3.8, 4) is 5.75 Å². The molecule has 0 spiro atoms. The number of rotatable bonds is 5. The molecule has 0 unspecified atom stereocenters. The maximum atomic E-state index is 10.8. The molecule has 0 aromatic heterocycles. The first-order chi connectivity index (χ1) is 11.1. The SMILES string of the molecule is CN(C)CC(C)(C)C/N=C/c1cc(C(C)(C)C)cc(C(C)(C)C)c1O. The van der Waals surface area contributed by atoms with E-state index in [9.17, 15) is 5.11 Å². The van der Waals surface area contributed by atoms with Crippen LogP contribution in [0.3, 0.4) is 0 Å². The Labute approximate surface area is 155 Å². The summed E-state index contributed by atoms with van der Waals surface area (Å²) in [5, 5.41) is 10.8. The standard InChI is InChI=1S/C22H38N2O/c1-20(2,3)17-11-16(19(25)18(12-17)21(4,5)6)13-23-14-22(7,8)15-24(9)10/h11-13,25H,14-15H2,1-10H3/b23-13+. The largest absolute Gasteiger partial charge is 0.507 e. The minimum Gasteiger partial charge on any atom is -0.507 e. The molecule has 1 rings (SSSR count). The van der Waals surface area contributed by atoms with Crippen LogP contribution in [0.25, 0.3) is 0 Å². The monoisotopic (exact) mass is 346 g/mol. The smallest absolute Gasteiger partial charge is 0.128 e. The molecule has 0 bridgehead atoms. The molecule has 0 aliphatic carbocycles. The van der Waals surface area contributed by atoms with Gasteiger partial charge in [-0.2, -0.15) is 0 Å². The maximum Gasteiger partial charge on any atom is 0.128 e. The fourth-order valence-corrected chi connectivity index (χ4v) is 3.06. The first kappa shape index (κ1) is 21.7. The van der Waals surface area contributed by atoms with Gasteiger partial charge < -0.3 is 10.0 Å². The molecule has 0 saturated carbocycles. The molecule has 142 valence electrons. The maximum absolute atomic E-state index is 10.8. The van der Waals surface area contributed by atoms with Crippen molar-refractivity contribution < 1.29 is 5.11 Å². The van der Waals surface area contributed by atoms with Crippen molar-refractivity contribution in [2.45, 2.75) is 66.2 Å². The van der Waals surface area contributed by atoms with Crippen LogP contribution < -0.4 is 0 Å². The van der Waals surface area contributed by atoms with Crippen LogP contribution in [0.4, 0.5) is 0 Å². The zero-order chi connectivity index (χ0) is 19.6. The lowest BCUT2D eigenvalue weighted by atomic mass is 9.79. The molecule has 0 heterocycles. The molecule has 3 heteroatoms. The highest BCUT2D eigenvalue weighted by atomic mass is 16.3. The summed E-state index contributed by atoms with van der Waals surface area (Å²) in [7, 11) is 4.17. The van der Waals surface area contributed by atoms with E-state index in [0.717, 1.165) is 24.2 Å². The third-order valence-corrected chi connectivity index (χ3v) is 4.31. The summed E-state index contributed by atoms with van der Waals surface area (Å²) in [6.45, 7) is 19.2. The van der Waals surface area contributed by atoms with E-state index in [1.807, 2.05) is 6.21 Å². The minimum absolute atomic E-state index is 0.0283. The molecule has 3 nitrogen and oxygen atoms in total. The molecule has 0 radical (unpaired) electrons. The summed E-state index contributed by atoms with van der Waals surface area (Å²) < 4.78 is 0. The fraction of sp³-hybridized carbons (Fsp3) is 0.682. The molecule has 0 amide bonds. The average molecular weight is 347 g/mol. The summed E-state index contributed by atoms with van der Waals surface area (Å²) in [4.78, 5) is 6.85. The summed E-state index contributed by atoms with van der Waals surface area (Å²) in [6, 6.07) is 4.22. The molecule has 0 aliphatic heterocycles. The number of hydrogen-bond acceptors (Lipinski definition) is 3. The van der Waals surface area contributed by atoms with Crippen molar-refractivity contribution in [2.75, 3.05) is 27.2 Å². The second-order valence-electron chi connectivity index (χ2n) is 10.3. The molecular weight excluding hydrogens is 308 g/mol. The lowest BCUT2D eigenvalue weighted by Crippen LogP contribution is -2.30. The van der Waals surface area contributed by atoms with Gasteiger partial charge in [0.15, 0.2) is 0 Å². The van der Waals surface area contributed by atoms with Crippen LogP contribution in [-0.2, 0) is 10.8 Å². The molecule has 1 aromatic rings. The van der Waals surface area contributed by atoms with E-state index >= 15 is 0 Å². The Kier molecular flexibility index (Phi) is 6.50. The summed E-state index contributed by atoms with van der Waals surface area (Å²) in [6.07, 6.45) is 1.84. The van der Waals surface area contributed by atoms with E-state index in [2.05, 4.69) is 91.5 Å². The van der Waals surface area contributed by atoms with Gasteiger partial charge in [-0.1, -0.05) is 61.5 Å². The lowest BCUT2D eigenvalue weighted by molar-refractivity contribution is 0.249. The highest BCUT2D eigenvalue weighted by Gasteiger charge is 2.24. The van der Waals surface area contributed by atoms with Gasteiger partial charge in [0.05, 0.1) is 0 Å². The Balaban J connectivity index is 3.24. The Bertz CT molecular complexity index is 614. The highest BCUT2D eigenvalue weighted by molar-refractivity contribution is 5.85.